The third kappa shape index (κ3) is 5.00. The molecule has 3 aliphatic heterocycles. The number of amides is 3. The zero-order valence-electron chi connectivity index (χ0n) is 20.1. The molecule has 0 spiro atoms. The average molecular weight is 456 g/mol. The number of hydrogen-bond donors (Lipinski definition) is 5. The number of piperidine rings is 1. The molecule has 0 aliphatic carbocycles. The van der Waals surface area contributed by atoms with Gasteiger partial charge in [-0.05, 0) is 52.9 Å². The van der Waals surface area contributed by atoms with Crippen LogP contribution in [-0.2, 0) is 4.79 Å². The van der Waals surface area contributed by atoms with Crippen molar-refractivity contribution < 1.29 is 9.59 Å². The van der Waals surface area contributed by atoms with E-state index < -0.39 is 5.54 Å². The van der Waals surface area contributed by atoms with Crippen molar-refractivity contribution in [3.63, 3.8) is 0 Å². The molecular formula is C24H37N7O2. The largest absolute Gasteiger partial charge is 0.335 e. The van der Waals surface area contributed by atoms with E-state index in [-0.39, 0.29) is 30.1 Å². The number of nitrogens with one attached hydrogen (secondary N) is 5. The Morgan fingerprint density at radius 1 is 1.24 bits per heavy atom. The molecule has 9 nitrogen and oxygen atoms in total. The summed E-state index contributed by atoms with van der Waals surface area (Å²) in [7, 11) is 4.01. The van der Waals surface area contributed by atoms with Crippen molar-refractivity contribution >= 4 is 11.9 Å². The van der Waals surface area contributed by atoms with Gasteiger partial charge in [-0.3, -0.25) is 4.79 Å². The topological polar surface area (TPSA) is 101 Å². The Labute approximate surface area is 196 Å². The third-order valence-electron chi connectivity index (χ3n) is 6.87. The van der Waals surface area contributed by atoms with Gasteiger partial charge in [0.2, 0.25) is 5.91 Å². The van der Waals surface area contributed by atoms with Crippen molar-refractivity contribution in [1.82, 2.24) is 36.6 Å². The summed E-state index contributed by atoms with van der Waals surface area (Å²) >= 11 is 0. The van der Waals surface area contributed by atoms with Crippen molar-refractivity contribution in [2.45, 2.75) is 44.4 Å². The van der Waals surface area contributed by atoms with Crippen LogP contribution >= 0.6 is 0 Å². The number of hydrogen-bond acceptors (Lipinski definition) is 6. The lowest BCUT2D eigenvalue weighted by Crippen LogP contribution is -2.57. The fourth-order valence-electron chi connectivity index (χ4n) is 4.97. The number of rotatable bonds is 6. The first-order valence-electron chi connectivity index (χ1n) is 11.8. The monoisotopic (exact) mass is 455 g/mol. The molecule has 0 saturated carbocycles. The maximum Gasteiger partial charge on any atom is 0.318 e. The molecular weight excluding hydrogens is 418 g/mol. The third-order valence-corrected chi connectivity index (χ3v) is 6.87. The van der Waals surface area contributed by atoms with E-state index in [0.717, 1.165) is 36.2 Å². The minimum atomic E-state index is -0.530. The number of likely N-dealkylation sites (N-methyl/N-ethyl adjacent to an activating group) is 1. The van der Waals surface area contributed by atoms with Gasteiger partial charge in [-0.25, -0.2) is 10.2 Å². The van der Waals surface area contributed by atoms with Gasteiger partial charge in [0, 0.05) is 25.2 Å². The van der Waals surface area contributed by atoms with Crippen LogP contribution in [0.5, 0.6) is 0 Å². The van der Waals surface area contributed by atoms with Gasteiger partial charge in [-0.2, -0.15) is 0 Å². The minimum Gasteiger partial charge on any atom is -0.335 e. The number of hydrazine groups is 1. The van der Waals surface area contributed by atoms with Crippen LogP contribution in [0, 0.1) is 5.92 Å². The summed E-state index contributed by atoms with van der Waals surface area (Å²) in [6.07, 6.45) is 1.59. The summed E-state index contributed by atoms with van der Waals surface area (Å²) < 4.78 is 0. The minimum absolute atomic E-state index is 0.0170. The molecule has 1 aromatic carbocycles. The van der Waals surface area contributed by atoms with E-state index in [0.29, 0.717) is 19.6 Å². The smallest absolute Gasteiger partial charge is 0.318 e. The second-order valence-electron chi connectivity index (χ2n) is 9.97. The molecule has 3 aliphatic rings. The molecule has 0 bridgehead atoms. The Morgan fingerprint density at radius 3 is 2.67 bits per heavy atom. The standard InChI is InChI=1S/C24H37N7O2/c1-24(2)20-18(21(29-28-20)27-22(32)17-11-8-12-25-13-17)14-31(24)23(33)26-19(15-30(3)4)16-9-6-5-7-10-16/h5-7,9-10,17,19,21,25,28-29H,8,11-15H2,1-4H3,(H,26,33)(H,27,32)/t17-,19-,21?/m1/s1. The normalized spacial score (nSPS) is 24.9. The second kappa shape index (κ2) is 9.70. The number of nitrogens with zero attached hydrogens (tertiary/aromatic N) is 2. The molecule has 3 heterocycles. The van der Waals surface area contributed by atoms with Crippen LogP contribution < -0.4 is 26.8 Å². The van der Waals surface area contributed by atoms with Gasteiger partial charge in [-0.15, -0.1) is 0 Å². The van der Waals surface area contributed by atoms with E-state index >= 15 is 0 Å². The molecule has 3 amide bonds. The van der Waals surface area contributed by atoms with Gasteiger partial charge in [0.05, 0.1) is 23.2 Å². The van der Waals surface area contributed by atoms with E-state index in [1.807, 2.05) is 63.2 Å². The fraction of sp³-hybridized carbons (Fsp3) is 0.583. The molecule has 1 aromatic rings. The zero-order chi connectivity index (χ0) is 23.6. The van der Waals surface area contributed by atoms with Crippen LogP contribution in [0.4, 0.5) is 4.79 Å². The van der Waals surface area contributed by atoms with E-state index in [4.69, 9.17) is 0 Å². The first-order chi connectivity index (χ1) is 15.8. The zero-order valence-corrected chi connectivity index (χ0v) is 20.1. The molecule has 0 radical (unpaired) electrons. The van der Waals surface area contributed by atoms with Gasteiger partial charge in [-0.1, -0.05) is 30.3 Å². The van der Waals surface area contributed by atoms with E-state index in [9.17, 15) is 9.59 Å². The molecule has 1 unspecified atom stereocenters. The Hall–Kier alpha value is -2.62. The lowest BCUT2D eigenvalue weighted by Gasteiger charge is -2.36. The van der Waals surface area contributed by atoms with Crippen molar-refractivity contribution in [2.75, 3.05) is 40.3 Å². The highest BCUT2D eigenvalue weighted by molar-refractivity contribution is 5.81. The van der Waals surface area contributed by atoms with Crippen LogP contribution in [0.3, 0.4) is 0 Å². The molecule has 3 atom stereocenters. The highest BCUT2D eigenvalue weighted by Gasteiger charge is 2.48. The van der Waals surface area contributed by atoms with Crippen LogP contribution in [0.15, 0.2) is 41.6 Å². The first-order valence-corrected chi connectivity index (χ1v) is 11.8. The van der Waals surface area contributed by atoms with E-state index in [1.165, 1.54) is 0 Å². The Balaban J connectivity index is 1.44. The quantitative estimate of drug-likeness (QED) is 0.437. The predicted octanol–water partition coefficient (Wildman–Crippen LogP) is 0.897. The highest BCUT2D eigenvalue weighted by Crippen LogP contribution is 2.36. The van der Waals surface area contributed by atoms with Crippen molar-refractivity contribution in [3.8, 4) is 0 Å². The van der Waals surface area contributed by atoms with Crippen molar-refractivity contribution in [2.24, 2.45) is 5.92 Å². The van der Waals surface area contributed by atoms with Crippen LogP contribution in [-0.4, -0.2) is 73.7 Å². The molecule has 1 fully saturated rings. The summed E-state index contributed by atoms with van der Waals surface area (Å²) in [6.45, 7) is 6.89. The number of benzene rings is 1. The fourth-order valence-corrected chi connectivity index (χ4v) is 4.97. The summed E-state index contributed by atoms with van der Waals surface area (Å²) in [5.41, 5.74) is 8.94. The van der Waals surface area contributed by atoms with Gasteiger partial charge in [0.25, 0.3) is 0 Å². The number of urea groups is 1. The van der Waals surface area contributed by atoms with E-state index in [2.05, 4.69) is 31.7 Å². The van der Waals surface area contributed by atoms with Gasteiger partial charge >= 0.3 is 6.03 Å². The molecule has 0 aromatic heterocycles. The maximum absolute atomic E-state index is 13.5. The molecule has 4 rings (SSSR count). The van der Waals surface area contributed by atoms with Gasteiger partial charge in [0.15, 0.2) is 0 Å². The first kappa shape index (κ1) is 23.5. The SMILES string of the molecule is CN(C)C[C@@H](NC(=O)N1CC2=C(NNC2NC(=O)[C@@H]2CCCNC2)C1(C)C)c1ccccc1. The summed E-state index contributed by atoms with van der Waals surface area (Å²) in [6, 6.07) is 9.80. The van der Waals surface area contributed by atoms with E-state index in [1.54, 1.807) is 0 Å². The van der Waals surface area contributed by atoms with Crippen LogP contribution in [0.25, 0.3) is 0 Å². The predicted molar refractivity (Wildman–Crippen MR) is 128 cm³/mol. The Morgan fingerprint density at radius 2 is 2.00 bits per heavy atom. The number of carbonyl (C=O) groups is 2. The molecule has 5 N–H and O–H groups in total. The van der Waals surface area contributed by atoms with Crippen LogP contribution in [0.2, 0.25) is 0 Å². The van der Waals surface area contributed by atoms with Gasteiger partial charge < -0.3 is 31.2 Å². The lowest BCUT2D eigenvalue weighted by molar-refractivity contribution is -0.126. The molecule has 9 heteroatoms. The maximum atomic E-state index is 13.5. The lowest BCUT2D eigenvalue weighted by atomic mass is 9.98. The van der Waals surface area contributed by atoms with Crippen molar-refractivity contribution in [1.29, 1.82) is 0 Å². The van der Waals surface area contributed by atoms with Gasteiger partial charge in [0.1, 0.15) is 6.17 Å². The summed E-state index contributed by atoms with van der Waals surface area (Å²) in [5.74, 6) is 0.0303. The average Bonchev–Trinajstić information content (AvgIpc) is 3.32. The molecule has 1 saturated heterocycles. The number of carbonyl (C=O) groups excluding carboxylic acids is 2. The van der Waals surface area contributed by atoms with Crippen molar-refractivity contribution in [3.05, 3.63) is 47.2 Å². The summed E-state index contributed by atoms with van der Waals surface area (Å²) in [5, 5.41) is 9.66. The molecule has 180 valence electrons. The Kier molecular flexibility index (Phi) is 6.92. The highest BCUT2D eigenvalue weighted by atomic mass is 16.2. The van der Waals surface area contributed by atoms with Crippen LogP contribution in [0.1, 0.15) is 38.3 Å². The second-order valence-corrected chi connectivity index (χ2v) is 9.97. The Bertz CT molecular complexity index is 893. The summed E-state index contributed by atoms with van der Waals surface area (Å²) in [4.78, 5) is 30.2. The molecule has 33 heavy (non-hydrogen) atoms.